The molecule has 23 heavy (non-hydrogen) atoms. The maximum atomic E-state index is 12.9. The van der Waals surface area contributed by atoms with Crippen molar-refractivity contribution in [2.45, 2.75) is 31.3 Å². The lowest BCUT2D eigenvalue weighted by Gasteiger charge is -2.36. The summed E-state index contributed by atoms with van der Waals surface area (Å²) in [5.41, 5.74) is 1.13. The predicted octanol–water partition coefficient (Wildman–Crippen LogP) is 1.83. The number of hydrogen-bond acceptors (Lipinski definition) is 3. The highest BCUT2D eigenvalue weighted by Gasteiger charge is 2.61. The zero-order valence-corrected chi connectivity index (χ0v) is 13.0. The van der Waals surface area contributed by atoms with E-state index in [2.05, 4.69) is 23.0 Å². The lowest BCUT2D eigenvalue weighted by atomic mass is 9.85. The highest BCUT2D eigenvalue weighted by Crippen LogP contribution is 2.52. The van der Waals surface area contributed by atoms with Gasteiger partial charge in [-0.25, -0.2) is 0 Å². The highest BCUT2D eigenvalue weighted by atomic mass is 16.2. The van der Waals surface area contributed by atoms with Crippen LogP contribution in [0.2, 0.25) is 0 Å². The number of likely N-dealkylation sites (tertiary alicyclic amines) is 1. The fourth-order valence-corrected chi connectivity index (χ4v) is 4.72. The number of amides is 2. The quantitative estimate of drug-likeness (QED) is 0.618. The first-order chi connectivity index (χ1) is 11.2. The molecule has 4 rings (SSSR count). The molecule has 4 nitrogen and oxygen atoms in total. The number of rotatable bonds is 2. The fraction of sp³-hybridized carbons (Fsp3) is 0.474. The summed E-state index contributed by atoms with van der Waals surface area (Å²) in [6, 6.07) is 10.3. The lowest BCUT2D eigenvalue weighted by molar-refractivity contribution is -0.141. The van der Waals surface area contributed by atoms with Gasteiger partial charge >= 0.3 is 0 Å². The second-order valence-corrected chi connectivity index (χ2v) is 6.67. The molecule has 0 spiro atoms. The van der Waals surface area contributed by atoms with Crippen LogP contribution in [0.1, 0.15) is 30.9 Å². The van der Waals surface area contributed by atoms with Crippen LogP contribution in [0.3, 0.4) is 0 Å². The second kappa shape index (κ2) is 5.50. The lowest BCUT2D eigenvalue weighted by Crippen LogP contribution is -2.44. The number of terminal acetylenes is 1. The van der Waals surface area contributed by atoms with Gasteiger partial charge in [0.15, 0.2) is 0 Å². The SMILES string of the molecule is C#CCN1C(=O)[C@@H]2[C@H](C1=O)[C@@H](c1ccccc1)N1CCCC[C@H]21. The Morgan fingerprint density at radius 3 is 2.57 bits per heavy atom. The summed E-state index contributed by atoms with van der Waals surface area (Å²) in [4.78, 5) is 29.4. The molecule has 0 saturated carbocycles. The van der Waals surface area contributed by atoms with E-state index in [0.29, 0.717) is 0 Å². The first-order valence-electron chi connectivity index (χ1n) is 8.33. The number of fused-ring (bicyclic) bond motifs is 3. The Labute approximate surface area is 136 Å². The molecule has 3 saturated heterocycles. The number of hydrogen-bond donors (Lipinski definition) is 0. The van der Waals surface area contributed by atoms with E-state index in [1.807, 2.05) is 18.2 Å². The largest absolute Gasteiger partial charge is 0.292 e. The van der Waals surface area contributed by atoms with E-state index in [9.17, 15) is 9.59 Å². The number of carbonyl (C=O) groups is 2. The molecule has 118 valence electrons. The first-order valence-corrected chi connectivity index (χ1v) is 8.33. The molecule has 1 aromatic rings. The molecule has 0 N–H and O–H groups in total. The van der Waals surface area contributed by atoms with Crippen molar-refractivity contribution in [2.75, 3.05) is 13.1 Å². The van der Waals surface area contributed by atoms with Crippen molar-refractivity contribution in [3.05, 3.63) is 35.9 Å². The Hall–Kier alpha value is -2.12. The number of nitrogens with zero attached hydrogens (tertiary/aromatic N) is 2. The van der Waals surface area contributed by atoms with Gasteiger partial charge in [-0.1, -0.05) is 42.7 Å². The molecule has 2 amide bonds. The third-order valence-electron chi connectivity index (χ3n) is 5.58. The molecule has 0 aromatic heterocycles. The average Bonchev–Trinajstić information content (AvgIpc) is 3.05. The van der Waals surface area contributed by atoms with Gasteiger partial charge in [-0.3, -0.25) is 19.4 Å². The molecule has 0 radical (unpaired) electrons. The minimum Gasteiger partial charge on any atom is -0.292 e. The molecule has 1 aromatic carbocycles. The van der Waals surface area contributed by atoms with E-state index >= 15 is 0 Å². The zero-order chi connectivity index (χ0) is 16.0. The van der Waals surface area contributed by atoms with E-state index in [4.69, 9.17) is 6.42 Å². The van der Waals surface area contributed by atoms with Crippen molar-refractivity contribution >= 4 is 11.8 Å². The van der Waals surface area contributed by atoms with Crippen LogP contribution < -0.4 is 0 Å². The van der Waals surface area contributed by atoms with Gasteiger partial charge in [0, 0.05) is 12.1 Å². The van der Waals surface area contributed by atoms with Gasteiger partial charge in [0.1, 0.15) is 0 Å². The van der Waals surface area contributed by atoms with E-state index in [1.54, 1.807) is 0 Å². The van der Waals surface area contributed by atoms with E-state index in [1.165, 1.54) is 4.90 Å². The van der Waals surface area contributed by atoms with Crippen molar-refractivity contribution in [1.29, 1.82) is 0 Å². The number of carbonyl (C=O) groups excluding carboxylic acids is 2. The molecule has 4 heteroatoms. The van der Waals surface area contributed by atoms with Crippen LogP contribution in [0.5, 0.6) is 0 Å². The summed E-state index contributed by atoms with van der Waals surface area (Å²) in [5.74, 6) is 1.82. The zero-order valence-electron chi connectivity index (χ0n) is 13.0. The van der Waals surface area contributed by atoms with Crippen LogP contribution in [-0.2, 0) is 9.59 Å². The Morgan fingerprint density at radius 2 is 1.83 bits per heavy atom. The normalized spacial score (nSPS) is 33.4. The van der Waals surface area contributed by atoms with Gasteiger partial charge in [0.2, 0.25) is 11.8 Å². The minimum atomic E-state index is -0.277. The third-order valence-corrected chi connectivity index (χ3v) is 5.58. The molecular weight excluding hydrogens is 288 g/mol. The topological polar surface area (TPSA) is 40.6 Å². The Bertz CT molecular complexity index is 678. The first kappa shape index (κ1) is 14.5. The fourth-order valence-electron chi connectivity index (χ4n) is 4.72. The monoisotopic (exact) mass is 308 g/mol. The summed E-state index contributed by atoms with van der Waals surface area (Å²) in [6.07, 6.45) is 8.61. The van der Waals surface area contributed by atoms with Gasteiger partial charge < -0.3 is 0 Å². The molecule has 3 aliphatic rings. The van der Waals surface area contributed by atoms with Crippen molar-refractivity contribution in [2.24, 2.45) is 11.8 Å². The maximum Gasteiger partial charge on any atom is 0.235 e. The van der Waals surface area contributed by atoms with E-state index < -0.39 is 0 Å². The number of imide groups is 1. The van der Waals surface area contributed by atoms with Crippen LogP contribution in [0.25, 0.3) is 0 Å². The number of benzene rings is 1. The summed E-state index contributed by atoms with van der Waals surface area (Å²) < 4.78 is 0. The van der Waals surface area contributed by atoms with Crippen LogP contribution in [0.4, 0.5) is 0 Å². The maximum absolute atomic E-state index is 12.9. The van der Waals surface area contributed by atoms with Gasteiger partial charge in [-0.05, 0) is 24.9 Å². The predicted molar refractivity (Wildman–Crippen MR) is 86.1 cm³/mol. The molecule has 0 aliphatic carbocycles. The standard InChI is InChI=1S/C19H20N2O2/c1-2-11-21-18(22)15-14-10-6-7-12-20(14)17(16(15)19(21)23)13-8-4-3-5-9-13/h1,3-5,8-9,14-17H,6-7,10-12H2/t14-,15+,16+,17-/m1/s1. The van der Waals surface area contributed by atoms with Crippen molar-refractivity contribution in [3.8, 4) is 12.3 Å². The van der Waals surface area contributed by atoms with Crippen LogP contribution in [0, 0.1) is 24.2 Å². The van der Waals surface area contributed by atoms with Crippen LogP contribution in [-0.4, -0.2) is 40.7 Å². The molecule has 3 heterocycles. The Morgan fingerprint density at radius 1 is 1.09 bits per heavy atom. The van der Waals surface area contributed by atoms with Crippen LogP contribution >= 0.6 is 0 Å². The minimum absolute atomic E-state index is 0.00530. The van der Waals surface area contributed by atoms with Gasteiger partial charge in [-0.2, -0.15) is 0 Å². The van der Waals surface area contributed by atoms with Gasteiger partial charge in [0.05, 0.1) is 18.4 Å². The summed E-state index contributed by atoms with van der Waals surface area (Å²) in [6.45, 7) is 1.06. The number of piperidine rings is 1. The van der Waals surface area contributed by atoms with Gasteiger partial charge in [0.25, 0.3) is 0 Å². The average molecular weight is 308 g/mol. The molecule has 0 bridgehead atoms. The van der Waals surface area contributed by atoms with Crippen molar-refractivity contribution in [3.63, 3.8) is 0 Å². The second-order valence-electron chi connectivity index (χ2n) is 6.67. The van der Waals surface area contributed by atoms with Crippen molar-refractivity contribution < 1.29 is 9.59 Å². The van der Waals surface area contributed by atoms with Crippen LogP contribution in [0.15, 0.2) is 30.3 Å². The molecule has 0 unspecified atom stereocenters. The smallest absolute Gasteiger partial charge is 0.235 e. The molecule has 3 fully saturated rings. The summed E-state index contributed by atoms with van der Waals surface area (Å²) in [5, 5.41) is 0. The van der Waals surface area contributed by atoms with E-state index in [-0.39, 0.29) is 42.3 Å². The van der Waals surface area contributed by atoms with Gasteiger partial charge in [-0.15, -0.1) is 6.42 Å². The Kier molecular flexibility index (Phi) is 3.46. The molecule has 3 aliphatic heterocycles. The Balaban J connectivity index is 1.78. The highest BCUT2D eigenvalue weighted by molar-refractivity contribution is 6.06. The van der Waals surface area contributed by atoms with Crippen molar-refractivity contribution in [1.82, 2.24) is 9.80 Å². The summed E-state index contributed by atoms with van der Waals surface area (Å²) >= 11 is 0. The molecule has 4 atom stereocenters. The molecular formula is C19H20N2O2. The third kappa shape index (κ3) is 2.04. The van der Waals surface area contributed by atoms with E-state index in [0.717, 1.165) is 31.4 Å². The summed E-state index contributed by atoms with van der Waals surface area (Å²) in [7, 11) is 0.